The van der Waals surface area contributed by atoms with Gasteiger partial charge in [0.05, 0.1) is 24.0 Å². The summed E-state index contributed by atoms with van der Waals surface area (Å²) in [6, 6.07) is 13.9. The van der Waals surface area contributed by atoms with E-state index in [2.05, 4.69) is 10.1 Å². The lowest BCUT2D eigenvalue weighted by atomic mass is 10.0. The molecule has 1 aliphatic heterocycles. The lowest BCUT2D eigenvalue weighted by Crippen LogP contribution is -2.40. The van der Waals surface area contributed by atoms with Crippen LogP contribution in [0.15, 0.2) is 53.7 Å². The maximum absolute atomic E-state index is 13.2. The molecule has 2 aromatic rings. The second-order valence-electron chi connectivity index (χ2n) is 8.84. The van der Waals surface area contributed by atoms with Gasteiger partial charge in [0, 0.05) is 31.1 Å². The number of aliphatic hydroxyl groups is 1. The molecule has 31 heavy (non-hydrogen) atoms. The molecule has 0 saturated carbocycles. The first-order chi connectivity index (χ1) is 14.7. The Kier molecular flexibility index (Phi) is 8.06. The standard InChI is InChI=1S/C24H30ClFN2O3/c1-24(2,3)30-16-20(29)14-28(13-18-6-4-5-7-22(18)25)15-21-12-23(27-31-21)17-8-10-19(26)11-9-17/h4-11,20-21,29H,12-16H2,1-3H3/t20-,21-/m0/s1. The number of nitrogens with zero attached hydrogens (tertiary/aromatic N) is 2. The van der Waals surface area contributed by atoms with Crippen LogP contribution in [0.5, 0.6) is 0 Å². The van der Waals surface area contributed by atoms with Crippen molar-refractivity contribution in [3.05, 3.63) is 70.5 Å². The molecule has 1 heterocycles. The van der Waals surface area contributed by atoms with Crippen molar-refractivity contribution in [3.63, 3.8) is 0 Å². The quantitative estimate of drug-likeness (QED) is 0.606. The average Bonchev–Trinajstić information content (AvgIpc) is 3.16. The Bertz CT molecular complexity index is 883. The largest absolute Gasteiger partial charge is 0.390 e. The molecule has 0 aliphatic carbocycles. The van der Waals surface area contributed by atoms with Crippen molar-refractivity contribution in [2.75, 3.05) is 19.7 Å². The third-order valence-corrected chi connectivity index (χ3v) is 5.27. The van der Waals surface area contributed by atoms with E-state index in [9.17, 15) is 9.50 Å². The number of benzene rings is 2. The predicted octanol–water partition coefficient (Wildman–Crippen LogP) is 4.65. The van der Waals surface area contributed by atoms with E-state index in [4.69, 9.17) is 21.2 Å². The zero-order chi connectivity index (χ0) is 22.4. The van der Waals surface area contributed by atoms with E-state index in [0.717, 1.165) is 16.8 Å². The Morgan fingerprint density at radius 1 is 1.23 bits per heavy atom. The zero-order valence-electron chi connectivity index (χ0n) is 18.2. The molecule has 5 nitrogen and oxygen atoms in total. The lowest BCUT2D eigenvalue weighted by Gasteiger charge is -2.29. The molecule has 0 saturated heterocycles. The van der Waals surface area contributed by atoms with Gasteiger partial charge in [-0.2, -0.15) is 0 Å². The summed E-state index contributed by atoms with van der Waals surface area (Å²) in [7, 11) is 0. The minimum Gasteiger partial charge on any atom is -0.390 e. The summed E-state index contributed by atoms with van der Waals surface area (Å²) in [6.07, 6.45) is -0.210. The van der Waals surface area contributed by atoms with Crippen molar-refractivity contribution in [2.24, 2.45) is 5.16 Å². The molecular formula is C24H30ClFN2O3. The second kappa shape index (κ2) is 10.6. The molecule has 2 aromatic carbocycles. The van der Waals surface area contributed by atoms with E-state index < -0.39 is 6.10 Å². The summed E-state index contributed by atoms with van der Waals surface area (Å²) in [5.74, 6) is -0.280. The highest BCUT2D eigenvalue weighted by atomic mass is 35.5. The van der Waals surface area contributed by atoms with Gasteiger partial charge in [-0.05, 0) is 50.1 Å². The van der Waals surface area contributed by atoms with Crippen LogP contribution in [0.1, 0.15) is 38.3 Å². The van der Waals surface area contributed by atoms with Gasteiger partial charge in [0.25, 0.3) is 0 Å². The first kappa shape index (κ1) is 23.7. The highest BCUT2D eigenvalue weighted by Gasteiger charge is 2.26. The van der Waals surface area contributed by atoms with Gasteiger partial charge in [0.1, 0.15) is 11.9 Å². The average molecular weight is 449 g/mol. The summed E-state index contributed by atoms with van der Waals surface area (Å²) in [5.41, 5.74) is 2.30. The minimum absolute atomic E-state index is 0.168. The van der Waals surface area contributed by atoms with E-state index in [1.165, 1.54) is 12.1 Å². The van der Waals surface area contributed by atoms with Gasteiger partial charge in [-0.15, -0.1) is 0 Å². The van der Waals surface area contributed by atoms with Crippen molar-refractivity contribution < 1.29 is 19.1 Å². The lowest BCUT2D eigenvalue weighted by molar-refractivity contribution is -0.0600. The summed E-state index contributed by atoms with van der Waals surface area (Å²) in [4.78, 5) is 7.75. The highest BCUT2D eigenvalue weighted by Crippen LogP contribution is 2.21. The van der Waals surface area contributed by atoms with Crippen LogP contribution < -0.4 is 0 Å². The van der Waals surface area contributed by atoms with Crippen LogP contribution >= 0.6 is 11.6 Å². The van der Waals surface area contributed by atoms with Crippen LogP contribution in [-0.4, -0.2) is 53.2 Å². The third-order valence-electron chi connectivity index (χ3n) is 4.90. The topological polar surface area (TPSA) is 54.3 Å². The Labute approximate surface area is 188 Å². The van der Waals surface area contributed by atoms with Crippen LogP contribution in [0.3, 0.4) is 0 Å². The Morgan fingerprint density at radius 3 is 2.61 bits per heavy atom. The molecule has 1 N–H and O–H groups in total. The van der Waals surface area contributed by atoms with E-state index >= 15 is 0 Å². The summed E-state index contributed by atoms with van der Waals surface area (Å²) >= 11 is 6.36. The van der Waals surface area contributed by atoms with Gasteiger partial charge in [0.2, 0.25) is 0 Å². The molecular weight excluding hydrogens is 419 g/mol. The Morgan fingerprint density at radius 2 is 1.94 bits per heavy atom. The van der Waals surface area contributed by atoms with Crippen LogP contribution in [0, 0.1) is 5.82 Å². The first-order valence-electron chi connectivity index (χ1n) is 10.5. The molecule has 0 radical (unpaired) electrons. The number of rotatable bonds is 9. The van der Waals surface area contributed by atoms with E-state index in [1.807, 2.05) is 45.0 Å². The normalized spacial score (nSPS) is 17.5. The molecule has 3 rings (SSSR count). The first-order valence-corrected chi connectivity index (χ1v) is 10.8. The summed E-state index contributed by atoms with van der Waals surface area (Å²) in [5, 5.41) is 15.4. The fraction of sp³-hybridized carbons (Fsp3) is 0.458. The van der Waals surface area contributed by atoms with Crippen molar-refractivity contribution in [1.29, 1.82) is 0 Å². The maximum Gasteiger partial charge on any atom is 0.145 e. The Balaban J connectivity index is 1.63. The van der Waals surface area contributed by atoms with Crippen molar-refractivity contribution in [2.45, 2.75) is 51.5 Å². The molecule has 0 aromatic heterocycles. The zero-order valence-corrected chi connectivity index (χ0v) is 19.0. The molecule has 1 aliphatic rings. The van der Waals surface area contributed by atoms with Gasteiger partial charge < -0.3 is 14.7 Å². The minimum atomic E-state index is -0.652. The second-order valence-corrected chi connectivity index (χ2v) is 9.25. The number of oxime groups is 1. The van der Waals surface area contributed by atoms with Crippen LogP contribution in [-0.2, 0) is 16.1 Å². The summed E-state index contributed by atoms with van der Waals surface area (Å²) in [6.45, 7) is 7.66. The molecule has 0 bridgehead atoms. The third kappa shape index (κ3) is 7.58. The number of halogens is 2. The highest BCUT2D eigenvalue weighted by molar-refractivity contribution is 6.31. The molecule has 2 atom stereocenters. The van der Waals surface area contributed by atoms with Gasteiger partial charge in [-0.3, -0.25) is 4.90 Å². The molecule has 7 heteroatoms. The molecule has 168 valence electrons. The SMILES string of the molecule is CC(C)(C)OC[C@@H](O)CN(Cc1ccccc1Cl)C[C@@H]1CC(c2ccc(F)cc2)=NO1. The van der Waals surface area contributed by atoms with E-state index in [1.54, 1.807) is 12.1 Å². The van der Waals surface area contributed by atoms with Crippen LogP contribution in [0.4, 0.5) is 4.39 Å². The molecule has 0 amide bonds. The fourth-order valence-electron chi connectivity index (χ4n) is 3.40. The van der Waals surface area contributed by atoms with Gasteiger partial charge in [-0.1, -0.05) is 47.1 Å². The van der Waals surface area contributed by atoms with E-state index in [-0.39, 0.29) is 24.1 Å². The van der Waals surface area contributed by atoms with E-state index in [0.29, 0.717) is 31.1 Å². The number of aliphatic hydroxyl groups excluding tert-OH is 1. The fourth-order valence-corrected chi connectivity index (χ4v) is 3.59. The molecule has 0 unspecified atom stereocenters. The van der Waals surface area contributed by atoms with Gasteiger partial charge in [0.15, 0.2) is 0 Å². The van der Waals surface area contributed by atoms with Gasteiger partial charge in [-0.25, -0.2) is 4.39 Å². The number of ether oxygens (including phenoxy) is 1. The maximum atomic E-state index is 13.2. The number of hydrogen-bond acceptors (Lipinski definition) is 5. The van der Waals surface area contributed by atoms with Crippen LogP contribution in [0.2, 0.25) is 5.02 Å². The van der Waals surface area contributed by atoms with Crippen molar-refractivity contribution >= 4 is 17.3 Å². The van der Waals surface area contributed by atoms with Crippen molar-refractivity contribution in [1.82, 2.24) is 4.90 Å². The molecule has 0 fully saturated rings. The van der Waals surface area contributed by atoms with Crippen LogP contribution in [0.25, 0.3) is 0 Å². The monoisotopic (exact) mass is 448 g/mol. The number of hydrogen-bond donors (Lipinski definition) is 1. The Hall–Kier alpha value is -1.99. The van der Waals surface area contributed by atoms with Gasteiger partial charge >= 0.3 is 0 Å². The summed E-state index contributed by atoms with van der Waals surface area (Å²) < 4.78 is 18.9. The van der Waals surface area contributed by atoms with Crippen molar-refractivity contribution in [3.8, 4) is 0 Å². The predicted molar refractivity (Wildman–Crippen MR) is 121 cm³/mol. The molecule has 0 spiro atoms. The smallest absolute Gasteiger partial charge is 0.145 e.